The summed E-state index contributed by atoms with van der Waals surface area (Å²) in [4.78, 5) is 16.9. The fourth-order valence-electron chi connectivity index (χ4n) is 3.47. The van der Waals surface area contributed by atoms with Gasteiger partial charge in [-0.15, -0.1) is 0 Å². The van der Waals surface area contributed by atoms with Crippen LogP contribution in [0.15, 0.2) is 48.5 Å². The normalized spacial score (nSPS) is 16.4. The van der Waals surface area contributed by atoms with Crippen LogP contribution in [0, 0.1) is 0 Å². The Balaban J connectivity index is 1.17. The van der Waals surface area contributed by atoms with Gasteiger partial charge in [-0.05, 0) is 29.8 Å². The number of carbonyl (C=O) groups excluding carboxylic acids is 1. The molecule has 2 aliphatic rings. The van der Waals surface area contributed by atoms with E-state index in [0.717, 1.165) is 49.8 Å². The minimum atomic E-state index is 0.0816. The van der Waals surface area contributed by atoms with E-state index in [1.165, 1.54) is 5.69 Å². The molecule has 6 heteroatoms. The summed E-state index contributed by atoms with van der Waals surface area (Å²) < 4.78 is 10.7. The molecule has 0 unspecified atom stereocenters. The monoisotopic (exact) mass is 367 g/mol. The molecule has 2 aromatic carbocycles. The van der Waals surface area contributed by atoms with Crippen LogP contribution in [-0.4, -0.2) is 50.3 Å². The number of carbonyl (C=O) groups is 1. The van der Waals surface area contributed by atoms with Crippen molar-refractivity contribution in [2.45, 2.75) is 13.0 Å². The van der Waals surface area contributed by atoms with Crippen LogP contribution in [0.25, 0.3) is 0 Å². The highest BCUT2D eigenvalue weighted by molar-refractivity contribution is 5.76. The Morgan fingerprint density at radius 2 is 1.74 bits per heavy atom. The number of hydrogen-bond donors (Lipinski definition) is 1. The number of amides is 1. The molecule has 27 heavy (non-hydrogen) atoms. The van der Waals surface area contributed by atoms with Crippen molar-refractivity contribution in [1.29, 1.82) is 0 Å². The number of para-hydroxylation sites is 1. The summed E-state index contributed by atoms with van der Waals surface area (Å²) in [5.41, 5.74) is 2.29. The first-order chi connectivity index (χ1) is 13.3. The second-order valence-electron chi connectivity index (χ2n) is 6.88. The quantitative estimate of drug-likeness (QED) is 0.849. The topological polar surface area (TPSA) is 54.0 Å². The highest BCUT2D eigenvalue weighted by Gasteiger charge is 2.18. The van der Waals surface area contributed by atoms with Gasteiger partial charge in [-0.1, -0.05) is 24.3 Å². The van der Waals surface area contributed by atoms with Crippen molar-refractivity contribution in [3.63, 3.8) is 0 Å². The van der Waals surface area contributed by atoms with Crippen molar-refractivity contribution >= 4 is 11.6 Å². The molecule has 0 aromatic heterocycles. The van der Waals surface area contributed by atoms with Crippen LogP contribution in [-0.2, 0) is 11.3 Å². The van der Waals surface area contributed by atoms with E-state index in [2.05, 4.69) is 39.4 Å². The van der Waals surface area contributed by atoms with Crippen LogP contribution in [0.4, 0.5) is 5.69 Å². The van der Waals surface area contributed by atoms with Gasteiger partial charge in [-0.25, -0.2) is 0 Å². The largest absolute Gasteiger partial charge is 0.454 e. The zero-order valence-electron chi connectivity index (χ0n) is 15.4. The van der Waals surface area contributed by atoms with Crippen LogP contribution < -0.4 is 19.7 Å². The number of benzene rings is 2. The molecule has 2 heterocycles. The molecule has 1 N–H and O–H groups in total. The van der Waals surface area contributed by atoms with Gasteiger partial charge in [0.05, 0.1) is 0 Å². The van der Waals surface area contributed by atoms with Crippen molar-refractivity contribution in [1.82, 2.24) is 10.2 Å². The van der Waals surface area contributed by atoms with E-state index in [1.807, 2.05) is 24.3 Å². The van der Waals surface area contributed by atoms with Crippen LogP contribution in [0.5, 0.6) is 11.5 Å². The first kappa shape index (κ1) is 17.7. The Hall–Kier alpha value is -2.73. The molecule has 0 saturated carbocycles. The van der Waals surface area contributed by atoms with Crippen molar-refractivity contribution < 1.29 is 14.3 Å². The lowest BCUT2D eigenvalue weighted by Gasteiger charge is -2.36. The Morgan fingerprint density at radius 1 is 0.963 bits per heavy atom. The number of fused-ring (bicyclic) bond motifs is 1. The number of rotatable bonds is 6. The summed E-state index contributed by atoms with van der Waals surface area (Å²) in [6.45, 7) is 5.57. The predicted octanol–water partition coefficient (Wildman–Crippen LogP) is 2.24. The van der Waals surface area contributed by atoms with Crippen LogP contribution >= 0.6 is 0 Å². The Bertz CT molecular complexity index is 773. The van der Waals surface area contributed by atoms with Gasteiger partial charge in [0.1, 0.15) is 0 Å². The molecule has 1 fully saturated rings. The first-order valence-electron chi connectivity index (χ1n) is 9.45. The van der Waals surface area contributed by atoms with Crippen LogP contribution in [0.2, 0.25) is 0 Å². The maximum Gasteiger partial charge on any atom is 0.231 e. The van der Waals surface area contributed by atoms with Crippen LogP contribution in [0.1, 0.15) is 12.0 Å². The van der Waals surface area contributed by atoms with Gasteiger partial charge in [-0.3, -0.25) is 9.69 Å². The van der Waals surface area contributed by atoms with E-state index in [-0.39, 0.29) is 12.7 Å². The number of ether oxygens (including phenoxy) is 2. The number of anilines is 1. The summed E-state index contributed by atoms with van der Waals surface area (Å²) in [7, 11) is 0. The third-order valence-corrected chi connectivity index (χ3v) is 5.08. The smallest absolute Gasteiger partial charge is 0.231 e. The predicted molar refractivity (Wildman–Crippen MR) is 104 cm³/mol. The minimum absolute atomic E-state index is 0.0816. The summed E-state index contributed by atoms with van der Waals surface area (Å²) >= 11 is 0. The molecular formula is C21H25N3O3. The van der Waals surface area contributed by atoms with Crippen LogP contribution in [0.3, 0.4) is 0 Å². The molecule has 2 aliphatic heterocycles. The molecule has 6 nitrogen and oxygen atoms in total. The Labute approximate surface area is 159 Å². The van der Waals surface area contributed by atoms with Crippen molar-refractivity contribution in [2.24, 2.45) is 0 Å². The lowest BCUT2D eigenvalue weighted by molar-refractivity contribution is -0.121. The van der Waals surface area contributed by atoms with E-state index in [1.54, 1.807) is 0 Å². The SMILES string of the molecule is O=C(CCN1CCN(c2ccccc2)CC1)NCc1ccc2c(c1)OCO2. The van der Waals surface area contributed by atoms with E-state index < -0.39 is 0 Å². The summed E-state index contributed by atoms with van der Waals surface area (Å²) in [5.74, 6) is 1.59. The number of hydrogen-bond acceptors (Lipinski definition) is 5. The highest BCUT2D eigenvalue weighted by Crippen LogP contribution is 2.32. The van der Waals surface area contributed by atoms with Crippen molar-refractivity contribution in [3.8, 4) is 11.5 Å². The van der Waals surface area contributed by atoms with Gasteiger partial charge < -0.3 is 19.7 Å². The van der Waals surface area contributed by atoms with Crippen molar-refractivity contribution in [2.75, 3.05) is 44.4 Å². The summed E-state index contributed by atoms with van der Waals surface area (Å²) in [5, 5.41) is 2.99. The molecule has 0 aliphatic carbocycles. The van der Waals surface area contributed by atoms with Gasteiger partial charge in [0.15, 0.2) is 11.5 Å². The summed E-state index contributed by atoms with van der Waals surface area (Å²) in [6.07, 6.45) is 0.524. The Kier molecular flexibility index (Phi) is 5.44. The third-order valence-electron chi connectivity index (χ3n) is 5.08. The van der Waals surface area contributed by atoms with Gasteiger partial charge in [0.25, 0.3) is 0 Å². The zero-order chi connectivity index (χ0) is 18.5. The number of nitrogens with one attached hydrogen (secondary N) is 1. The van der Waals surface area contributed by atoms with Gasteiger partial charge in [-0.2, -0.15) is 0 Å². The fourth-order valence-corrected chi connectivity index (χ4v) is 3.47. The maximum atomic E-state index is 12.2. The minimum Gasteiger partial charge on any atom is -0.454 e. The zero-order valence-corrected chi connectivity index (χ0v) is 15.4. The maximum absolute atomic E-state index is 12.2. The second-order valence-corrected chi connectivity index (χ2v) is 6.88. The molecule has 0 atom stereocenters. The molecule has 1 amide bonds. The fraction of sp³-hybridized carbons (Fsp3) is 0.381. The van der Waals surface area contributed by atoms with Gasteiger partial charge >= 0.3 is 0 Å². The molecule has 0 radical (unpaired) electrons. The van der Waals surface area contributed by atoms with Crippen molar-refractivity contribution in [3.05, 3.63) is 54.1 Å². The van der Waals surface area contributed by atoms with E-state index in [9.17, 15) is 4.79 Å². The average Bonchev–Trinajstić information content (AvgIpc) is 3.19. The van der Waals surface area contributed by atoms with E-state index in [0.29, 0.717) is 13.0 Å². The average molecular weight is 367 g/mol. The second kappa shape index (κ2) is 8.31. The molecular weight excluding hydrogens is 342 g/mol. The molecule has 1 saturated heterocycles. The molecule has 0 bridgehead atoms. The van der Waals surface area contributed by atoms with Gasteiger partial charge in [0.2, 0.25) is 12.7 Å². The van der Waals surface area contributed by atoms with E-state index in [4.69, 9.17) is 9.47 Å². The number of piperazine rings is 1. The number of nitrogens with zero attached hydrogens (tertiary/aromatic N) is 2. The van der Waals surface area contributed by atoms with Gasteiger partial charge in [0, 0.05) is 51.4 Å². The lowest BCUT2D eigenvalue weighted by atomic mass is 10.2. The Morgan fingerprint density at radius 3 is 2.56 bits per heavy atom. The standard InChI is InChI=1S/C21H25N3O3/c25-21(22-15-17-6-7-19-20(14-17)27-16-26-19)8-9-23-10-12-24(13-11-23)18-4-2-1-3-5-18/h1-7,14H,8-13,15-16H2,(H,22,25). The highest BCUT2D eigenvalue weighted by atomic mass is 16.7. The molecule has 4 rings (SSSR count). The lowest BCUT2D eigenvalue weighted by Crippen LogP contribution is -2.47. The summed E-state index contributed by atoms with van der Waals surface area (Å²) in [6, 6.07) is 16.3. The van der Waals surface area contributed by atoms with E-state index >= 15 is 0 Å². The molecule has 2 aromatic rings. The third kappa shape index (κ3) is 4.52. The molecule has 142 valence electrons. The molecule has 0 spiro atoms. The first-order valence-corrected chi connectivity index (χ1v) is 9.45.